The van der Waals surface area contributed by atoms with E-state index in [-0.39, 0.29) is 25.5 Å². The highest BCUT2D eigenvalue weighted by atomic mass is 35.5. The van der Waals surface area contributed by atoms with E-state index in [4.69, 9.17) is 16.7 Å². The number of para-hydroxylation sites is 1. The number of anilines is 2. The zero-order valence-electron chi connectivity index (χ0n) is 15.6. The molecule has 8 nitrogen and oxygen atoms in total. The van der Waals surface area contributed by atoms with E-state index in [9.17, 15) is 14.4 Å². The quantitative estimate of drug-likeness (QED) is 0.615. The Morgan fingerprint density at radius 2 is 1.79 bits per heavy atom. The minimum atomic E-state index is -1.11. The monoisotopic (exact) mass is 414 g/mol. The lowest BCUT2D eigenvalue weighted by atomic mass is 10.1. The van der Waals surface area contributed by atoms with Crippen LogP contribution in [0.5, 0.6) is 0 Å². The molecule has 0 radical (unpaired) electrons. The molecule has 0 aliphatic heterocycles. The van der Waals surface area contributed by atoms with E-state index in [1.807, 2.05) is 31.2 Å². The van der Waals surface area contributed by atoms with Gasteiger partial charge in [-0.1, -0.05) is 53.6 Å². The summed E-state index contributed by atoms with van der Waals surface area (Å²) in [6.07, 6.45) is -0.362. The maximum atomic E-state index is 13.0. The van der Waals surface area contributed by atoms with Gasteiger partial charge in [0.25, 0.3) is 0 Å². The van der Waals surface area contributed by atoms with Crippen LogP contribution in [0.25, 0.3) is 0 Å². The van der Waals surface area contributed by atoms with Crippen LogP contribution in [0, 0.1) is 6.92 Å². The molecule has 0 aliphatic rings. The van der Waals surface area contributed by atoms with Crippen molar-refractivity contribution in [1.29, 1.82) is 0 Å². The molecule has 2 N–H and O–H groups in total. The van der Waals surface area contributed by atoms with Gasteiger partial charge in [-0.3, -0.25) is 9.36 Å². The number of hydrogen-bond donors (Lipinski definition) is 2. The number of aliphatic carboxylic acids is 1. The van der Waals surface area contributed by atoms with Gasteiger partial charge < -0.3 is 10.4 Å². The lowest BCUT2D eigenvalue weighted by Crippen LogP contribution is -2.43. The first-order valence-corrected chi connectivity index (χ1v) is 9.23. The van der Waals surface area contributed by atoms with Crippen molar-refractivity contribution in [2.45, 2.75) is 26.4 Å². The number of aryl methyl sites for hydroxylation is 1. The van der Waals surface area contributed by atoms with Gasteiger partial charge in [-0.15, -0.1) is 0 Å². The van der Waals surface area contributed by atoms with E-state index in [1.165, 1.54) is 4.57 Å². The van der Waals surface area contributed by atoms with Gasteiger partial charge in [0.05, 0.1) is 23.7 Å². The first-order valence-electron chi connectivity index (χ1n) is 8.85. The topological polar surface area (TPSA) is 106 Å². The number of carboxylic acid groups (broad SMARTS) is 1. The highest BCUT2D eigenvalue weighted by Gasteiger charge is 2.15. The molecule has 0 saturated heterocycles. The summed E-state index contributed by atoms with van der Waals surface area (Å²) in [7, 11) is 0. The van der Waals surface area contributed by atoms with Crippen LogP contribution >= 0.6 is 11.6 Å². The number of benzene rings is 2. The van der Waals surface area contributed by atoms with E-state index in [1.54, 1.807) is 24.3 Å². The van der Waals surface area contributed by atoms with Gasteiger partial charge in [-0.25, -0.2) is 14.2 Å². The predicted molar refractivity (Wildman–Crippen MR) is 110 cm³/mol. The Bertz CT molecular complexity index is 1150. The van der Waals surface area contributed by atoms with Gasteiger partial charge >= 0.3 is 17.3 Å². The molecule has 0 saturated carbocycles. The highest BCUT2D eigenvalue weighted by Crippen LogP contribution is 2.23. The molecule has 3 aromatic rings. The lowest BCUT2D eigenvalue weighted by Gasteiger charge is -2.16. The molecule has 3 rings (SSSR count). The largest absolute Gasteiger partial charge is 0.481 e. The molecule has 1 heterocycles. The molecule has 0 spiro atoms. The van der Waals surface area contributed by atoms with E-state index in [2.05, 4.69) is 10.3 Å². The maximum absolute atomic E-state index is 13.0. The third kappa shape index (κ3) is 4.91. The Morgan fingerprint density at radius 1 is 1.10 bits per heavy atom. The second kappa shape index (κ2) is 8.74. The SMILES string of the molecule is Cc1ccc(Cn2c(Nc3ccccc3Cl)nc(=O)n(CCC(=O)O)c2=O)cc1. The number of aromatic nitrogens is 3. The van der Waals surface area contributed by atoms with Crippen molar-refractivity contribution in [2.24, 2.45) is 0 Å². The van der Waals surface area contributed by atoms with Crippen molar-refractivity contribution in [1.82, 2.24) is 14.1 Å². The van der Waals surface area contributed by atoms with Crippen molar-refractivity contribution < 1.29 is 9.90 Å². The minimum absolute atomic E-state index is 0.0280. The first kappa shape index (κ1) is 20.3. The summed E-state index contributed by atoms with van der Waals surface area (Å²) in [5, 5.41) is 12.2. The first-order chi connectivity index (χ1) is 13.8. The summed E-state index contributed by atoms with van der Waals surface area (Å²) in [4.78, 5) is 40.2. The van der Waals surface area contributed by atoms with Crippen molar-refractivity contribution in [3.05, 3.63) is 85.6 Å². The molecular formula is C20H19ClN4O4. The van der Waals surface area contributed by atoms with Crippen molar-refractivity contribution in [3.8, 4) is 0 Å². The van der Waals surface area contributed by atoms with Crippen LogP contribution in [0.2, 0.25) is 5.02 Å². The minimum Gasteiger partial charge on any atom is -0.481 e. The molecule has 0 unspecified atom stereocenters. The number of rotatable bonds is 7. The number of hydrogen-bond acceptors (Lipinski definition) is 5. The van der Waals surface area contributed by atoms with Crippen molar-refractivity contribution in [3.63, 3.8) is 0 Å². The average molecular weight is 415 g/mol. The Morgan fingerprint density at radius 3 is 2.45 bits per heavy atom. The van der Waals surface area contributed by atoms with Crippen molar-refractivity contribution in [2.75, 3.05) is 5.32 Å². The molecule has 0 bridgehead atoms. The number of nitrogens with one attached hydrogen (secondary N) is 1. The summed E-state index contributed by atoms with van der Waals surface area (Å²) in [5.41, 5.74) is 0.902. The van der Waals surface area contributed by atoms with Crippen LogP contribution in [0.1, 0.15) is 17.5 Å². The lowest BCUT2D eigenvalue weighted by molar-refractivity contribution is -0.137. The number of nitrogens with zero attached hydrogens (tertiary/aromatic N) is 3. The van der Waals surface area contributed by atoms with Gasteiger partial charge in [-0.2, -0.15) is 4.98 Å². The maximum Gasteiger partial charge on any atom is 0.354 e. The zero-order chi connectivity index (χ0) is 21.0. The Kier molecular flexibility index (Phi) is 6.13. The summed E-state index contributed by atoms with van der Waals surface area (Å²) < 4.78 is 2.11. The fourth-order valence-electron chi connectivity index (χ4n) is 2.73. The van der Waals surface area contributed by atoms with Crippen LogP contribution in [-0.2, 0) is 17.9 Å². The molecule has 0 atom stereocenters. The second-order valence-electron chi connectivity index (χ2n) is 6.47. The smallest absolute Gasteiger partial charge is 0.354 e. The van der Waals surface area contributed by atoms with Crippen molar-refractivity contribution >= 4 is 29.2 Å². The molecule has 150 valence electrons. The van der Waals surface area contributed by atoms with Crippen LogP contribution in [0.3, 0.4) is 0 Å². The normalized spacial score (nSPS) is 10.7. The molecule has 2 aromatic carbocycles. The summed E-state index contributed by atoms with van der Waals surface area (Å²) in [6, 6.07) is 14.4. The summed E-state index contributed by atoms with van der Waals surface area (Å²) in [6.45, 7) is 1.83. The molecule has 0 aliphatic carbocycles. The highest BCUT2D eigenvalue weighted by molar-refractivity contribution is 6.33. The molecular weight excluding hydrogens is 396 g/mol. The summed E-state index contributed by atoms with van der Waals surface area (Å²) >= 11 is 6.17. The number of carbonyl (C=O) groups is 1. The molecule has 29 heavy (non-hydrogen) atoms. The Labute approximate surface area is 171 Å². The van der Waals surface area contributed by atoms with E-state index in [0.717, 1.165) is 15.7 Å². The fourth-order valence-corrected chi connectivity index (χ4v) is 2.91. The van der Waals surface area contributed by atoms with Gasteiger partial charge in [-0.05, 0) is 24.6 Å². The number of carboxylic acids is 1. The number of halogens is 1. The molecule has 9 heteroatoms. The Balaban J connectivity index is 2.09. The molecule has 0 fully saturated rings. The van der Waals surface area contributed by atoms with Gasteiger partial charge in [0.1, 0.15) is 0 Å². The molecule has 1 aromatic heterocycles. The zero-order valence-corrected chi connectivity index (χ0v) is 16.4. The van der Waals surface area contributed by atoms with Crippen LogP contribution < -0.4 is 16.7 Å². The van der Waals surface area contributed by atoms with E-state index >= 15 is 0 Å². The van der Waals surface area contributed by atoms with Crippen LogP contribution in [0.4, 0.5) is 11.6 Å². The van der Waals surface area contributed by atoms with Gasteiger partial charge in [0.15, 0.2) is 0 Å². The predicted octanol–water partition coefficient (Wildman–Crippen LogP) is 2.63. The average Bonchev–Trinajstić information content (AvgIpc) is 2.67. The van der Waals surface area contributed by atoms with E-state index in [0.29, 0.717) is 10.7 Å². The summed E-state index contributed by atoms with van der Waals surface area (Å²) in [5.74, 6) is -1.08. The fraction of sp³-hybridized carbons (Fsp3) is 0.200. The van der Waals surface area contributed by atoms with Gasteiger partial charge in [0, 0.05) is 6.54 Å². The van der Waals surface area contributed by atoms with Crippen LogP contribution in [0.15, 0.2) is 58.1 Å². The van der Waals surface area contributed by atoms with Gasteiger partial charge in [0.2, 0.25) is 5.95 Å². The third-order valence-electron chi connectivity index (χ3n) is 4.28. The van der Waals surface area contributed by atoms with Crippen LogP contribution in [-0.4, -0.2) is 25.2 Å². The second-order valence-corrected chi connectivity index (χ2v) is 6.88. The third-order valence-corrected chi connectivity index (χ3v) is 4.61. The molecule has 0 amide bonds. The standard InChI is InChI=1S/C20H19ClN4O4/c1-13-6-8-14(9-7-13)12-25-18(22-16-5-3-2-4-15(16)21)23-19(28)24(20(25)29)11-10-17(26)27/h2-9H,10-12H2,1H3,(H,26,27)(H,22,23,28). The Hall–Kier alpha value is -3.39. The van der Waals surface area contributed by atoms with E-state index < -0.39 is 17.3 Å².